The molecule has 2 heterocycles. The van der Waals surface area contributed by atoms with E-state index in [0.717, 1.165) is 35.5 Å². The van der Waals surface area contributed by atoms with Crippen molar-refractivity contribution >= 4 is 0 Å². The molecule has 0 saturated heterocycles. The Morgan fingerprint density at radius 3 is 2.79 bits per heavy atom. The number of hydrogen-bond donors (Lipinski definition) is 2. The number of hydrogen-bond acceptors (Lipinski definition) is 5. The first-order valence-corrected chi connectivity index (χ1v) is 6.43. The number of nitrogens with one attached hydrogen (secondary N) is 1. The fourth-order valence-corrected chi connectivity index (χ4v) is 2.10. The Hall–Kier alpha value is -1.85. The van der Waals surface area contributed by atoms with Crippen LogP contribution in [0.1, 0.15) is 35.6 Å². The first-order chi connectivity index (χ1) is 9.24. The van der Waals surface area contributed by atoms with Gasteiger partial charge in [0.15, 0.2) is 0 Å². The van der Waals surface area contributed by atoms with Gasteiger partial charge in [0, 0.05) is 18.3 Å². The van der Waals surface area contributed by atoms with E-state index >= 15 is 0 Å². The Bertz CT molecular complexity index is 527. The Balaban J connectivity index is 2.29. The van der Waals surface area contributed by atoms with Crippen molar-refractivity contribution in [3.63, 3.8) is 0 Å². The second kappa shape index (κ2) is 6.36. The Morgan fingerprint density at radius 1 is 1.32 bits per heavy atom. The SMILES string of the molecule is CCc1nnc(C)cc1C(Cc1ccccn1)NN. The predicted octanol–water partition coefficient (Wildman–Crippen LogP) is 1.49. The van der Waals surface area contributed by atoms with Crippen LogP contribution in [0.4, 0.5) is 0 Å². The summed E-state index contributed by atoms with van der Waals surface area (Å²) in [6, 6.07) is 7.92. The molecule has 2 aromatic rings. The fraction of sp³-hybridized carbons (Fsp3) is 0.357. The lowest BCUT2D eigenvalue weighted by Crippen LogP contribution is -2.31. The minimum Gasteiger partial charge on any atom is -0.271 e. The first-order valence-electron chi connectivity index (χ1n) is 6.43. The van der Waals surface area contributed by atoms with Gasteiger partial charge >= 0.3 is 0 Å². The van der Waals surface area contributed by atoms with Crippen LogP contribution >= 0.6 is 0 Å². The van der Waals surface area contributed by atoms with Crippen molar-refractivity contribution in [2.45, 2.75) is 32.7 Å². The summed E-state index contributed by atoms with van der Waals surface area (Å²) in [5.74, 6) is 5.70. The van der Waals surface area contributed by atoms with E-state index in [2.05, 4.69) is 27.5 Å². The molecule has 0 amide bonds. The molecule has 0 bridgehead atoms. The summed E-state index contributed by atoms with van der Waals surface area (Å²) in [6.07, 6.45) is 3.36. The third-order valence-electron chi connectivity index (χ3n) is 3.08. The van der Waals surface area contributed by atoms with Crippen LogP contribution < -0.4 is 11.3 Å². The highest BCUT2D eigenvalue weighted by Crippen LogP contribution is 2.20. The van der Waals surface area contributed by atoms with Crippen LogP contribution in [0.25, 0.3) is 0 Å². The monoisotopic (exact) mass is 257 g/mol. The number of aromatic nitrogens is 3. The first kappa shape index (κ1) is 13.6. The molecule has 0 radical (unpaired) electrons. The summed E-state index contributed by atoms with van der Waals surface area (Å²) < 4.78 is 0. The molecule has 100 valence electrons. The number of pyridine rings is 1. The summed E-state index contributed by atoms with van der Waals surface area (Å²) >= 11 is 0. The van der Waals surface area contributed by atoms with Gasteiger partial charge in [0.1, 0.15) is 0 Å². The maximum Gasteiger partial charge on any atom is 0.0676 e. The smallest absolute Gasteiger partial charge is 0.0676 e. The van der Waals surface area contributed by atoms with Crippen molar-refractivity contribution in [2.24, 2.45) is 5.84 Å². The number of nitrogens with two attached hydrogens (primary N) is 1. The molecule has 5 nitrogen and oxygen atoms in total. The van der Waals surface area contributed by atoms with E-state index < -0.39 is 0 Å². The van der Waals surface area contributed by atoms with Crippen molar-refractivity contribution < 1.29 is 0 Å². The molecule has 5 heteroatoms. The van der Waals surface area contributed by atoms with Gasteiger partial charge in [0.2, 0.25) is 0 Å². The largest absolute Gasteiger partial charge is 0.271 e. The maximum absolute atomic E-state index is 5.70. The molecule has 2 aromatic heterocycles. The zero-order valence-electron chi connectivity index (χ0n) is 11.3. The zero-order valence-corrected chi connectivity index (χ0v) is 11.3. The average molecular weight is 257 g/mol. The molecule has 0 aliphatic carbocycles. The van der Waals surface area contributed by atoms with Crippen LogP contribution in [0.3, 0.4) is 0 Å². The summed E-state index contributed by atoms with van der Waals surface area (Å²) in [5.41, 5.74) is 6.84. The second-order valence-corrected chi connectivity index (χ2v) is 4.49. The normalized spacial score (nSPS) is 12.4. The molecule has 0 saturated carbocycles. The fourth-order valence-electron chi connectivity index (χ4n) is 2.10. The van der Waals surface area contributed by atoms with E-state index in [1.807, 2.05) is 31.2 Å². The maximum atomic E-state index is 5.70. The molecule has 0 fully saturated rings. The molecule has 2 rings (SSSR count). The Labute approximate surface area is 113 Å². The molecule has 0 aromatic carbocycles. The van der Waals surface area contributed by atoms with E-state index in [1.54, 1.807) is 6.20 Å². The van der Waals surface area contributed by atoms with Crippen LogP contribution in [0.2, 0.25) is 0 Å². The van der Waals surface area contributed by atoms with Gasteiger partial charge in [-0.05, 0) is 37.1 Å². The zero-order chi connectivity index (χ0) is 13.7. The van der Waals surface area contributed by atoms with Gasteiger partial charge in [-0.25, -0.2) is 0 Å². The average Bonchev–Trinajstić information content (AvgIpc) is 2.46. The van der Waals surface area contributed by atoms with Gasteiger partial charge in [-0.2, -0.15) is 10.2 Å². The molecule has 0 spiro atoms. The molecule has 3 N–H and O–H groups in total. The second-order valence-electron chi connectivity index (χ2n) is 4.49. The van der Waals surface area contributed by atoms with Crippen molar-refractivity contribution in [3.8, 4) is 0 Å². The van der Waals surface area contributed by atoms with Crippen molar-refractivity contribution in [3.05, 3.63) is 53.1 Å². The van der Waals surface area contributed by atoms with Crippen molar-refractivity contribution in [2.75, 3.05) is 0 Å². The van der Waals surface area contributed by atoms with Crippen LogP contribution in [0, 0.1) is 6.92 Å². The lowest BCUT2D eigenvalue weighted by atomic mass is 9.99. The number of hydrazine groups is 1. The van der Waals surface area contributed by atoms with Crippen LogP contribution in [-0.2, 0) is 12.8 Å². The molecule has 0 aliphatic heterocycles. The Morgan fingerprint density at radius 2 is 2.16 bits per heavy atom. The number of rotatable bonds is 5. The van der Waals surface area contributed by atoms with Gasteiger partial charge in [-0.15, -0.1) is 0 Å². The molecule has 19 heavy (non-hydrogen) atoms. The lowest BCUT2D eigenvalue weighted by Gasteiger charge is -2.18. The summed E-state index contributed by atoms with van der Waals surface area (Å²) in [5, 5.41) is 8.34. The molecule has 1 atom stereocenters. The quantitative estimate of drug-likeness (QED) is 0.627. The van der Waals surface area contributed by atoms with Gasteiger partial charge in [-0.1, -0.05) is 13.0 Å². The highest BCUT2D eigenvalue weighted by Gasteiger charge is 2.16. The topological polar surface area (TPSA) is 76.7 Å². The van der Waals surface area contributed by atoms with Crippen LogP contribution in [-0.4, -0.2) is 15.2 Å². The molecular weight excluding hydrogens is 238 g/mol. The standard InChI is InChI=1S/C14H19N5/c1-3-13-12(8-10(2)18-19-13)14(17-15)9-11-6-4-5-7-16-11/h4-8,14,17H,3,9,15H2,1-2H3. The van der Waals surface area contributed by atoms with Gasteiger partial charge in [-0.3, -0.25) is 16.3 Å². The van der Waals surface area contributed by atoms with Crippen LogP contribution in [0.15, 0.2) is 30.5 Å². The van der Waals surface area contributed by atoms with E-state index in [-0.39, 0.29) is 6.04 Å². The minimum atomic E-state index is -0.000880. The molecule has 0 aliphatic rings. The van der Waals surface area contributed by atoms with E-state index in [1.165, 1.54) is 0 Å². The van der Waals surface area contributed by atoms with Gasteiger partial charge < -0.3 is 0 Å². The van der Waals surface area contributed by atoms with Crippen molar-refractivity contribution in [1.82, 2.24) is 20.6 Å². The third kappa shape index (κ3) is 3.33. The summed E-state index contributed by atoms with van der Waals surface area (Å²) in [7, 11) is 0. The molecule has 1 unspecified atom stereocenters. The summed E-state index contributed by atoms with van der Waals surface area (Å²) in [6.45, 7) is 4.00. The van der Waals surface area contributed by atoms with Crippen LogP contribution in [0.5, 0.6) is 0 Å². The molecular formula is C14H19N5. The third-order valence-corrected chi connectivity index (χ3v) is 3.08. The highest BCUT2D eigenvalue weighted by atomic mass is 15.2. The number of aryl methyl sites for hydroxylation is 2. The highest BCUT2D eigenvalue weighted by molar-refractivity contribution is 5.26. The van der Waals surface area contributed by atoms with Gasteiger partial charge in [0.25, 0.3) is 0 Å². The van der Waals surface area contributed by atoms with Crippen molar-refractivity contribution in [1.29, 1.82) is 0 Å². The lowest BCUT2D eigenvalue weighted by molar-refractivity contribution is 0.536. The van der Waals surface area contributed by atoms with E-state index in [0.29, 0.717) is 0 Å². The predicted molar refractivity (Wildman–Crippen MR) is 74.2 cm³/mol. The number of nitrogens with zero attached hydrogens (tertiary/aromatic N) is 3. The minimum absolute atomic E-state index is 0.000880. The van der Waals surface area contributed by atoms with Gasteiger partial charge in [0.05, 0.1) is 17.4 Å². The Kier molecular flexibility index (Phi) is 4.54. The van der Waals surface area contributed by atoms with E-state index in [4.69, 9.17) is 5.84 Å². The van der Waals surface area contributed by atoms with E-state index in [9.17, 15) is 0 Å². The summed E-state index contributed by atoms with van der Waals surface area (Å²) in [4.78, 5) is 4.34.